The maximum absolute atomic E-state index is 12.9. The van der Waals surface area contributed by atoms with Gasteiger partial charge in [0.25, 0.3) is 0 Å². The summed E-state index contributed by atoms with van der Waals surface area (Å²) in [5.41, 5.74) is 0.431. The topological polar surface area (TPSA) is 29.9 Å². The van der Waals surface area contributed by atoms with Gasteiger partial charge in [-0.15, -0.1) is 0 Å². The zero-order valence-electron chi connectivity index (χ0n) is 11.3. The molecular formula is C14H16F3N3. The molecule has 0 bridgehead atoms. The van der Waals surface area contributed by atoms with E-state index in [1.165, 1.54) is 12.1 Å². The molecule has 6 heteroatoms. The Labute approximate surface area is 115 Å². The number of imidazole rings is 1. The van der Waals surface area contributed by atoms with Crippen molar-refractivity contribution in [1.82, 2.24) is 9.55 Å². The molecule has 2 rings (SSSR count). The van der Waals surface area contributed by atoms with Crippen LogP contribution in [0, 0.1) is 6.92 Å². The van der Waals surface area contributed by atoms with Gasteiger partial charge in [-0.25, -0.2) is 4.98 Å². The van der Waals surface area contributed by atoms with Crippen LogP contribution in [0.5, 0.6) is 0 Å². The molecule has 1 N–H and O–H groups in total. The summed E-state index contributed by atoms with van der Waals surface area (Å²) in [5, 5.41) is 2.97. The van der Waals surface area contributed by atoms with E-state index in [9.17, 15) is 13.2 Å². The van der Waals surface area contributed by atoms with Gasteiger partial charge < -0.3 is 9.88 Å². The van der Waals surface area contributed by atoms with Crippen molar-refractivity contribution in [2.75, 3.05) is 5.32 Å². The van der Waals surface area contributed by atoms with Crippen molar-refractivity contribution in [3.8, 4) is 0 Å². The fraction of sp³-hybridized carbons (Fsp3) is 0.357. The second kappa shape index (κ2) is 5.56. The van der Waals surface area contributed by atoms with Crippen molar-refractivity contribution in [2.45, 2.75) is 33.1 Å². The maximum Gasteiger partial charge on any atom is 0.416 e. The molecule has 0 saturated heterocycles. The number of rotatable bonds is 4. The summed E-state index contributed by atoms with van der Waals surface area (Å²) < 4.78 is 40.5. The van der Waals surface area contributed by atoms with Crippen molar-refractivity contribution >= 4 is 5.95 Å². The molecule has 20 heavy (non-hydrogen) atoms. The SMILES string of the molecule is CCn1cc(C)nc1NCc1ccccc1C(F)(F)F. The minimum absolute atomic E-state index is 0.0894. The van der Waals surface area contributed by atoms with E-state index in [1.807, 2.05) is 24.6 Å². The van der Waals surface area contributed by atoms with Crippen molar-refractivity contribution in [2.24, 2.45) is 0 Å². The lowest BCUT2D eigenvalue weighted by molar-refractivity contribution is -0.138. The number of aryl methyl sites for hydroxylation is 2. The van der Waals surface area contributed by atoms with Crippen molar-refractivity contribution < 1.29 is 13.2 Å². The molecule has 0 amide bonds. The monoisotopic (exact) mass is 283 g/mol. The minimum atomic E-state index is -4.34. The number of anilines is 1. The van der Waals surface area contributed by atoms with Crippen LogP contribution < -0.4 is 5.32 Å². The molecule has 108 valence electrons. The maximum atomic E-state index is 12.9. The minimum Gasteiger partial charge on any atom is -0.352 e. The molecule has 3 nitrogen and oxygen atoms in total. The van der Waals surface area contributed by atoms with Gasteiger partial charge >= 0.3 is 6.18 Å². The number of nitrogens with one attached hydrogen (secondary N) is 1. The summed E-state index contributed by atoms with van der Waals surface area (Å²) in [4.78, 5) is 4.26. The number of halogens is 3. The average molecular weight is 283 g/mol. The fourth-order valence-electron chi connectivity index (χ4n) is 2.05. The van der Waals surface area contributed by atoms with Crippen LogP contribution in [0.3, 0.4) is 0 Å². The first kappa shape index (κ1) is 14.4. The van der Waals surface area contributed by atoms with E-state index in [0.717, 1.165) is 11.8 Å². The van der Waals surface area contributed by atoms with Crippen LogP contribution in [0.15, 0.2) is 30.5 Å². The van der Waals surface area contributed by atoms with Crippen molar-refractivity contribution in [3.63, 3.8) is 0 Å². The second-order valence-electron chi connectivity index (χ2n) is 4.50. The number of nitrogens with zero attached hydrogens (tertiary/aromatic N) is 2. The number of benzene rings is 1. The van der Waals surface area contributed by atoms with Crippen molar-refractivity contribution in [3.05, 3.63) is 47.3 Å². The lowest BCUT2D eigenvalue weighted by Gasteiger charge is -2.14. The van der Waals surface area contributed by atoms with Crippen LogP contribution in [0.4, 0.5) is 19.1 Å². The molecule has 0 aliphatic carbocycles. The molecule has 1 aromatic heterocycles. The van der Waals surface area contributed by atoms with Gasteiger partial charge in [0.05, 0.1) is 11.3 Å². The Balaban J connectivity index is 2.19. The predicted molar refractivity (Wildman–Crippen MR) is 71.4 cm³/mol. The Hall–Kier alpha value is -1.98. The number of hydrogen-bond donors (Lipinski definition) is 1. The molecule has 0 atom stereocenters. The molecule has 0 saturated carbocycles. The van der Waals surface area contributed by atoms with E-state index in [4.69, 9.17) is 0 Å². The van der Waals surface area contributed by atoms with Gasteiger partial charge in [-0.3, -0.25) is 0 Å². The highest BCUT2D eigenvalue weighted by Crippen LogP contribution is 2.32. The summed E-state index contributed by atoms with van der Waals surface area (Å²) in [7, 11) is 0. The first-order valence-corrected chi connectivity index (χ1v) is 6.34. The summed E-state index contributed by atoms with van der Waals surface area (Å²) >= 11 is 0. The smallest absolute Gasteiger partial charge is 0.352 e. The van der Waals surface area contributed by atoms with Gasteiger partial charge in [-0.1, -0.05) is 18.2 Å². The molecule has 2 aromatic rings. The Morgan fingerprint density at radius 3 is 2.60 bits per heavy atom. The quantitative estimate of drug-likeness (QED) is 0.923. The zero-order chi connectivity index (χ0) is 14.8. The van der Waals surface area contributed by atoms with Crippen LogP contribution in [-0.2, 0) is 19.3 Å². The summed E-state index contributed by atoms with van der Waals surface area (Å²) in [6.07, 6.45) is -2.48. The number of aromatic nitrogens is 2. The van der Waals surface area contributed by atoms with E-state index in [0.29, 0.717) is 12.5 Å². The van der Waals surface area contributed by atoms with Gasteiger partial charge in [0, 0.05) is 19.3 Å². The van der Waals surface area contributed by atoms with E-state index in [-0.39, 0.29) is 12.1 Å². The number of hydrogen-bond acceptors (Lipinski definition) is 2. The zero-order valence-corrected chi connectivity index (χ0v) is 11.3. The van der Waals surface area contributed by atoms with Gasteiger partial charge in [0.1, 0.15) is 0 Å². The molecule has 0 spiro atoms. The average Bonchev–Trinajstić information content (AvgIpc) is 2.76. The second-order valence-corrected chi connectivity index (χ2v) is 4.50. The van der Waals surface area contributed by atoms with Gasteiger partial charge in [0.15, 0.2) is 0 Å². The van der Waals surface area contributed by atoms with E-state index >= 15 is 0 Å². The lowest BCUT2D eigenvalue weighted by Crippen LogP contribution is -2.13. The van der Waals surface area contributed by atoms with E-state index < -0.39 is 11.7 Å². The van der Waals surface area contributed by atoms with Gasteiger partial charge in [-0.05, 0) is 25.5 Å². The standard InChI is InChI=1S/C14H16F3N3/c1-3-20-9-10(2)19-13(20)18-8-11-6-4-5-7-12(11)14(15,16)17/h4-7,9H,3,8H2,1-2H3,(H,18,19). The molecule has 0 aliphatic heterocycles. The Bertz CT molecular complexity index is 588. The summed E-state index contributed by atoms with van der Waals surface area (Å²) in [6, 6.07) is 5.56. The first-order chi connectivity index (χ1) is 9.41. The molecular weight excluding hydrogens is 267 g/mol. The first-order valence-electron chi connectivity index (χ1n) is 6.34. The molecule has 0 radical (unpaired) electrons. The third-order valence-electron chi connectivity index (χ3n) is 3.00. The van der Waals surface area contributed by atoms with Crippen LogP contribution in [-0.4, -0.2) is 9.55 Å². The fourth-order valence-corrected chi connectivity index (χ4v) is 2.05. The summed E-state index contributed by atoms with van der Waals surface area (Å²) in [6.45, 7) is 4.60. The molecule has 1 heterocycles. The Morgan fingerprint density at radius 2 is 1.95 bits per heavy atom. The Kier molecular flexibility index (Phi) is 4.01. The van der Waals surface area contributed by atoms with E-state index in [1.54, 1.807) is 6.07 Å². The lowest BCUT2D eigenvalue weighted by atomic mass is 10.1. The molecule has 0 aliphatic rings. The number of alkyl halides is 3. The largest absolute Gasteiger partial charge is 0.416 e. The highest BCUT2D eigenvalue weighted by Gasteiger charge is 2.32. The molecule has 0 unspecified atom stereocenters. The highest BCUT2D eigenvalue weighted by molar-refractivity contribution is 5.35. The summed E-state index contributed by atoms with van der Waals surface area (Å²) in [5.74, 6) is 0.585. The van der Waals surface area contributed by atoms with Crippen LogP contribution in [0.1, 0.15) is 23.7 Å². The van der Waals surface area contributed by atoms with Gasteiger partial charge in [-0.2, -0.15) is 13.2 Å². The molecule has 1 aromatic carbocycles. The third-order valence-corrected chi connectivity index (χ3v) is 3.00. The predicted octanol–water partition coefficient (Wildman–Crippen LogP) is 3.84. The van der Waals surface area contributed by atoms with Crippen LogP contribution >= 0.6 is 0 Å². The van der Waals surface area contributed by atoms with Crippen LogP contribution in [0.2, 0.25) is 0 Å². The van der Waals surface area contributed by atoms with Gasteiger partial charge in [0.2, 0.25) is 5.95 Å². The Morgan fingerprint density at radius 1 is 1.25 bits per heavy atom. The normalized spacial score (nSPS) is 11.7. The van der Waals surface area contributed by atoms with E-state index in [2.05, 4.69) is 10.3 Å². The van der Waals surface area contributed by atoms with Crippen molar-refractivity contribution in [1.29, 1.82) is 0 Å². The third kappa shape index (κ3) is 3.12. The molecule has 0 fully saturated rings. The van der Waals surface area contributed by atoms with Crippen LogP contribution in [0.25, 0.3) is 0 Å². The highest BCUT2D eigenvalue weighted by atomic mass is 19.4.